The molecular weight excluding hydrogens is 536 g/mol. The second-order valence-corrected chi connectivity index (χ2v) is 9.70. The summed E-state index contributed by atoms with van der Waals surface area (Å²) < 4.78 is 36.2. The number of imidazole rings is 1. The van der Waals surface area contributed by atoms with Crippen molar-refractivity contribution in [1.82, 2.24) is 38.8 Å². The molecule has 0 spiro atoms. The van der Waals surface area contributed by atoms with Crippen molar-refractivity contribution in [3.8, 4) is 10.6 Å². The van der Waals surface area contributed by atoms with Crippen LogP contribution in [0.2, 0.25) is 0 Å². The molecule has 5 aromatic heterocycles. The molecule has 0 saturated carbocycles. The summed E-state index contributed by atoms with van der Waals surface area (Å²) >= 11 is 1.15. The number of rotatable bonds is 7. The number of alkyl halides is 2. The Balaban J connectivity index is 1.39. The number of amides is 1. The molecule has 5 aromatic rings. The van der Waals surface area contributed by atoms with Gasteiger partial charge in [0, 0.05) is 49.3 Å². The van der Waals surface area contributed by atoms with Crippen LogP contribution in [0.4, 0.5) is 14.6 Å². The van der Waals surface area contributed by atoms with Gasteiger partial charge in [-0.1, -0.05) is 5.16 Å². The lowest BCUT2D eigenvalue weighted by molar-refractivity contribution is -0.116. The number of nitrogens with zero attached hydrogens (tertiary/aromatic N) is 8. The molecule has 1 amide bonds. The topological polar surface area (TPSA) is 156 Å². The highest BCUT2D eigenvalue weighted by Crippen LogP contribution is 2.33. The zero-order chi connectivity index (χ0) is 28.1. The predicted octanol–water partition coefficient (Wildman–Crippen LogP) is 2.21. The minimum Gasteiger partial charge on any atom is -0.340 e. The van der Waals surface area contributed by atoms with Gasteiger partial charge in [-0.05, 0) is 13.0 Å². The molecule has 0 aliphatic rings. The van der Waals surface area contributed by atoms with Gasteiger partial charge in [-0.25, -0.2) is 23.5 Å². The number of carbonyl (C=O) groups excluding carboxylic acids is 1. The summed E-state index contributed by atoms with van der Waals surface area (Å²) in [6, 6.07) is 1.33. The van der Waals surface area contributed by atoms with Gasteiger partial charge in [0.2, 0.25) is 11.8 Å². The summed E-state index contributed by atoms with van der Waals surface area (Å²) in [5.41, 5.74) is -0.770. The predicted molar refractivity (Wildman–Crippen MR) is 136 cm³/mol. The summed E-state index contributed by atoms with van der Waals surface area (Å²) in [5, 5.41) is 8.31. The van der Waals surface area contributed by atoms with Crippen LogP contribution in [-0.2, 0) is 30.9 Å². The molecule has 0 saturated heterocycles. The Morgan fingerprint density at radius 2 is 1.97 bits per heavy atom. The Morgan fingerprint density at radius 1 is 1.21 bits per heavy atom. The van der Waals surface area contributed by atoms with Crippen LogP contribution in [-0.4, -0.2) is 44.7 Å². The number of hydrogen-bond acceptors (Lipinski definition) is 10. The highest BCUT2D eigenvalue weighted by Gasteiger charge is 2.28. The maximum Gasteiger partial charge on any atom is 0.332 e. The van der Waals surface area contributed by atoms with E-state index in [1.165, 1.54) is 41.7 Å². The number of pyridine rings is 1. The zero-order valence-electron chi connectivity index (χ0n) is 21.1. The third-order valence-electron chi connectivity index (χ3n) is 5.86. The maximum absolute atomic E-state index is 13.9. The van der Waals surface area contributed by atoms with Gasteiger partial charge < -0.3 is 14.4 Å². The van der Waals surface area contributed by atoms with Gasteiger partial charge in [-0.2, -0.15) is 4.98 Å². The van der Waals surface area contributed by atoms with Crippen molar-refractivity contribution in [2.24, 2.45) is 7.05 Å². The Morgan fingerprint density at radius 3 is 2.67 bits per heavy atom. The molecule has 0 radical (unpaired) electrons. The number of fused-ring (bicyclic) bond motifs is 1. The Kier molecular flexibility index (Phi) is 6.41. The largest absolute Gasteiger partial charge is 0.340 e. The third-order valence-corrected chi connectivity index (χ3v) is 6.75. The van der Waals surface area contributed by atoms with E-state index in [-0.39, 0.29) is 53.0 Å². The molecule has 0 bridgehead atoms. The van der Waals surface area contributed by atoms with Crippen LogP contribution < -0.4 is 16.6 Å². The molecule has 0 unspecified atom stereocenters. The van der Waals surface area contributed by atoms with E-state index in [1.807, 2.05) is 0 Å². The number of carbonyl (C=O) groups is 1. The van der Waals surface area contributed by atoms with Crippen LogP contribution in [0.3, 0.4) is 0 Å². The molecule has 0 aliphatic carbocycles. The molecule has 202 valence electrons. The Bertz CT molecular complexity index is 1840. The summed E-state index contributed by atoms with van der Waals surface area (Å²) in [4.78, 5) is 55.3. The Hall–Kier alpha value is -4.60. The fraction of sp³-hybridized carbons (Fsp3) is 0.304. The van der Waals surface area contributed by atoms with E-state index in [0.29, 0.717) is 10.6 Å². The van der Waals surface area contributed by atoms with Gasteiger partial charge in [0.25, 0.3) is 11.5 Å². The first-order chi connectivity index (χ1) is 18.4. The fourth-order valence-corrected chi connectivity index (χ4v) is 4.76. The quantitative estimate of drug-likeness (QED) is 0.317. The minimum absolute atomic E-state index is 0.0326. The van der Waals surface area contributed by atoms with Crippen molar-refractivity contribution < 1.29 is 18.1 Å². The summed E-state index contributed by atoms with van der Waals surface area (Å²) in [7, 11) is 1.45. The van der Waals surface area contributed by atoms with E-state index >= 15 is 0 Å². The number of thiazole rings is 1. The number of anilines is 1. The van der Waals surface area contributed by atoms with Crippen molar-refractivity contribution in [3.05, 3.63) is 67.8 Å². The smallest absolute Gasteiger partial charge is 0.332 e. The average molecular weight is 558 g/mol. The number of nitrogens with one attached hydrogen (secondary N) is 1. The van der Waals surface area contributed by atoms with E-state index < -0.39 is 23.1 Å². The molecule has 5 heterocycles. The first-order valence-electron chi connectivity index (χ1n) is 11.5. The van der Waals surface area contributed by atoms with Crippen LogP contribution in [0.1, 0.15) is 29.9 Å². The van der Waals surface area contributed by atoms with E-state index in [4.69, 9.17) is 4.52 Å². The first-order valence-corrected chi connectivity index (χ1v) is 12.3. The third kappa shape index (κ3) is 4.97. The second kappa shape index (κ2) is 9.61. The van der Waals surface area contributed by atoms with Crippen LogP contribution >= 0.6 is 11.3 Å². The van der Waals surface area contributed by atoms with Crippen LogP contribution in [0.25, 0.3) is 21.7 Å². The molecule has 39 heavy (non-hydrogen) atoms. The second-order valence-electron chi connectivity index (χ2n) is 8.84. The number of aromatic nitrogens is 8. The molecule has 1 N–H and O–H groups in total. The average Bonchev–Trinajstić information content (AvgIpc) is 3.60. The van der Waals surface area contributed by atoms with Crippen LogP contribution in [0, 0.1) is 13.8 Å². The van der Waals surface area contributed by atoms with E-state index in [0.717, 1.165) is 22.8 Å². The van der Waals surface area contributed by atoms with E-state index in [2.05, 4.69) is 30.4 Å². The summed E-state index contributed by atoms with van der Waals surface area (Å²) in [6.07, 6.45) is 2.72. The maximum atomic E-state index is 13.9. The standard InChI is InChI=1S/C23H21F2N9O4S/c1-11-14(23(3,24)25)5-13(6-26-11)20-30-16(9-39-20)29-17(35)8-33-10-27-19-18(33)21(36)34(22(37)32(19)4)7-15-28-12(2)38-31-15/h5-6,9-10H,7-8H2,1-4H3,(H,29,35). The van der Waals surface area contributed by atoms with Gasteiger partial charge in [0.15, 0.2) is 17.0 Å². The van der Waals surface area contributed by atoms with Gasteiger partial charge in [-0.15, -0.1) is 11.3 Å². The van der Waals surface area contributed by atoms with Crippen molar-refractivity contribution in [3.63, 3.8) is 0 Å². The van der Waals surface area contributed by atoms with Crippen LogP contribution in [0.5, 0.6) is 0 Å². The first kappa shape index (κ1) is 26.0. The molecular formula is C23H21F2N9O4S. The highest BCUT2D eigenvalue weighted by atomic mass is 32.1. The highest BCUT2D eigenvalue weighted by molar-refractivity contribution is 7.13. The van der Waals surface area contributed by atoms with E-state index in [1.54, 1.807) is 12.3 Å². The van der Waals surface area contributed by atoms with Gasteiger partial charge >= 0.3 is 5.69 Å². The van der Waals surface area contributed by atoms with Gasteiger partial charge in [-0.3, -0.25) is 23.7 Å². The molecule has 0 aromatic carbocycles. The van der Waals surface area contributed by atoms with Crippen molar-refractivity contribution in [2.75, 3.05) is 5.32 Å². The molecule has 0 atom stereocenters. The number of halogens is 2. The fourth-order valence-electron chi connectivity index (χ4n) is 4.02. The monoisotopic (exact) mass is 557 g/mol. The van der Waals surface area contributed by atoms with Gasteiger partial charge in [0.1, 0.15) is 17.4 Å². The summed E-state index contributed by atoms with van der Waals surface area (Å²) in [5.74, 6) is -2.96. The lowest BCUT2D eigenvalue weighted by Crippen LogP contribution is -2.40. The molecule has 5 rings (SSSR count). The molecule has 0 fully saturated rings. The SMILES string of the molecule is Cc1nc(Cn2c(=O)c3c(ncn3CC(=O)Nc3csc(-c4cnc(C)c(C(C)(F)F)c4)n3)n(C)c2=O)no1. The zero-order valence-corrected chi connectivity index (χ0v) is 21.9. The Labute approximate surface area is 221 Å². The minimum atomic E-state index is -3.07. The van der Waals surface area contributed by atoms with Gasteiger partial charge in [0.05, 0.1) is 12.9 Å². The van der Waals surface area contributed by atoms with Crippen LogP contribution in [0.15, 0.2) is 38.1 Å². The summed E-state index contributed by atoms with van der Waals surface area (Å²) in [6.45, 7) is 3.35. The van der Waals surface area contributed by atoms with E-state index in [9.17, 15) is 23.2 Å². The van der Waals surface area contributed by atoms with Crippen molar-refractivity contribution >= 4 is 34.2 Å². The number of aryl methyl sites for hydroxylation is 3. The molecule has 0 aliphatic heterocycles. The lowest BCUT2D eigenvalue weighted by Gasteiger charge is -2.13. The van der Waals surface area contributed by atoms with Crippen molar-refractivity contribution in [1.29, 1.82) is 0 Å². The molecule has 13 nitrogen and oxygen atoms in total. The number of hydrogen-bond donors (Lipinski definition) is 1. The normalized spacial score (nSPS) is 11.8. The van der Waals surface area contributed by atoms with Crippen molar-refractivity contribution in [2.45, 2.75) is 39.8 Å². The lowest BCUT2D eigenvalue weighted by atomic mass is 10.1. The molecule has 16 heteroatoms.